The standard InChI is InChI=1S/C18H26O4/c1-12(2)21-17(20)15(18(4,5)6)13(3)22-16(19)14-10-8-7-9-11-14/h7-13,15H,1-6H3. The molecule has 2 unspecified atom stereocenters. The lowest BCUT2D eigenvalue weighted by Gasteiger charge is -2.33. The van der Waals surface area contributed by atoms with Gasteiger partial charge in [-0.15, -0.1) is 0 Å². The second-order valence-corrected chi connectivity index (χ2v) is 6.81. The number of hydrogen-bond donors (Lipinski definition) is 0. The molecule has 0 spiro atoms. The van der Waals surface area contributed by atoms with E-state index in [1.165, 1.54) is 0 Å². The molecule has 0 radical (unpaired) electrons. The first-order chi connectivity index (χ1) is 10.1. The maximum absolute atomic E-state index is 12.3. The SMILES string of the molecule is CC(C)OC(=O)C(C(C)OC(=O)c1ccccc1)C(C)(C)C. The summed E-state index contributed by atoms with van der Waals surface area (Å²) in [5.74, 6) is -1.29. The largest absolute Gasteiger partial charge is 0.463 e. The molecule has 1 rings (SSSR count). The van der Waals surface area contributed by atoms with Crippen molar-refractivity contribution >= 4 is 11.9 Å². The second-order valence-electron chi connectivity index (χ2n) is 6.81. The first-order valence-electron chi connectivity index (χ1n) is 7.59. The van der Waals surface area contributed by atoms with Crippen LogP contribution in [0, 0.1) is 11.3 Å². The topological polar surface area (TPSA) is 52.6 Å². The fourth-order valence-electron chi connectivity index (χ4n) is 2.43. The number of hydrogen-bond acceptors (Lipinski definition) is 4. The summed E-state index contributed by atoms with van der Waals surface area (Å²) in [7, 11) is 0. The Labute approximate surface area is 132 Å². The molecule has 4 nitrogen and oxygen atoms in total. The average molecular weight is 306 g/mol. The van der Waals surface area contributed by atoms with Crippen LogP contribution in [0.25, 0.3) is 0 Å². The van der Waals surface area contributed by atoms with E-state index in [0.29, 0.717) is 5.56 Å². The molecule has 0 heterocycles. The van der Waals surface area contributed by atoms with E-state index in [0.717, 1.165) is 0 Å². The van der Waals surface area contributed by atoms with Crippen LogP contribution in [-0.2, 0) is 14.3 Å². The molecule has 122 valence electrons. The zero-order valence-corrected chi connectivity index (χ0v) is 14.3. The molecule has 22 heavy (non-hydrogen) atoms. The van der Waals surface area contributed by atoms with Gasteiger partial charge in [0, 0.05) is 0 Å². The first-order valence-corrected chi connectivity index (χ1v) is 7.59. The van der Waals surface area contributed by atoms with Crippen LogP contribution in [0.1, 0.15) is 51.9 Å². The molecular formula is C18H26O4. The second kappa shape index (κ2) is 7.43. The summed E-state index contributed by atoms with van der Waals surface area (Å²) in [6.45, 7) is 11.2. The van der Waals surface area contributed by atoms with Gasteiger partial charge in [0.15, 0.2) is 0 Å². The highest BCUT2D eigenvalue weighted by Gasteiger charge is 2.39. The minimum atomic E-state index is -0.570. The van der Waals surface area contributed by atoms with Gasteiger partial charge in [0.1, 0.15) is 6.10 Å². The Morgan fingerprint density at radius 3 is 1.95 bits per heavy atom. The van der Waals surface area contributed by atoms with Crippen LogP contribution in [-0.4, -0.2) is 24.1 Å². The molecule has 2 atom stereocenters. The third-order valence-electron chi connectivity index (χ3n) is 3.31. The van der Waals surface area contributed by atoms with Crippen LogP contribution in [0.2, 0.25) is 0 Å². The van der Waals surface area contributed by atoms with Gasteiger partial charge in [-0.25, -0.2) is 4.79 Å². The minimum Gasteiger partial charge on any atom is -0.463 e. The van der Waals surface area contributed by atoms with Gasteiger partial charge in [0.05, 0.1) is 17.6 Å². The van der Waals surface area contributed by atoms with Crippen molar-refractivity contribution in [2.75, 3.05) is 0 Å². The van der Waals surface area contributed by atoms with Gasteiger partial charge in [-0.2, -0.15) is 0 Å². The van der Waals surface area contributed by atoms with Gasteiger partial charge in [-0.1, -0.05) is 39.0 Å². The lowest BCUT2D eigenvalue weighted by Crippen LogP contribution is -2.41. The molecule has 0 bridgehead atoms. The van der Waals surface area contributed by atoms with Crippen molar-refractivity contribution in [1.29, 1.82) is 0 Å². The molecule has 0 fully saturated rings. The summed E-state index contributed by atoms with van der Waals surface area (Å²) in [6, 6.07) is 8.75. The summed E-state index contributed by atoms with van der Waals surface area (Å²) < 4.78 is 10.8. The Morgan fingerprint density at radius 1 is 0.955 bits per heavy atom. The van der Waals surface area contributed by atoms with Crippen LogP contribution in [0.4, 0.5) is 0 Å². The lowest BCUT2D eigenvalue weighted by atomic mass is 9.77. The third kappa shape index (κ3) is 5.17. The van der Waals surface area contributed by atoms with Crippen LogP contribution in [0.5, 0.6) is 0 Å². The molecule has 0 aromatic heterocycles. The summed E-state index contributed by atoms with van der Waals surface area (Å²) in [4.78, 5) is 24.5. The summed E-state index contributed by atoms with van der Waals surface area (Å²) in [5.41, 5.74) is 0.0989. The fraction of sp³-hybridized carbons (Fsp3) is 0.556. The highest BCUT2D eigenvalue weighted by Crippen LogP contribution is 2.32. The van der Waals surface area contributed by atoms with Crippen molar-refractivity contribution in [3.63, 3.8) is 0 Å². The van der Waals surface area contributed by atoms with Crippen LogP contribution in [0.3, 0.4) is 0 Å². The third-order valence-corrected chi connectivity index (χ3v) is 3.31. The van der Waals surface area contributed by atoms with E-state index in [1.807, 2.05) is 26.8 Å². The minimum absolute atomic E-state index is 0.200. The summed E-state index contributed by atoms with van der Waals surface area (Å²) in [6.07, 6.45) is -0.770. The number of benzene rings is 1. The van der Waals surface area contributed by atoms with Crippen LogP contribution in [0.15, 0.2) is 30.3 Å². The number of ether oxygens (including phenoxy) is 2. The molecule has 0 aliphatic rings. The van der Waals surface area contributed by atoms with Gasteiger partial charge in [0.25, 0.3) is 0 Å². The van der Waals surface area contributed by atoms with Gasteiger partial charge in [0.2, 0.25) is 0 Å². The average Bonchev–Trinajstić information content (AvgIpc) is 2.36. The molecule has 1 aromatic carbocycles. The van der Waals surface area contributed by atoms with Gasteiger partial charge < -0.3 is 9.47 Å². The highest BCUT2D eigenvalue weighted by atomic mass is 16.6. The van der Waals surface area contributed by atoms with Crippen molar-refractivity contribution in [2.45, 2.75) is 53.8 Å². The quantitative estimate of drug-likeness (QED) is 0.775. The number of esters is 2. The molecule has 0 saturated carbocycles. The number of carbonyl (C=O) groups is 2. The Morgan fingerprint density at radius 2 is 1.50 bits per heavy atom. The molecule has 0 aliphatic heterocycles. The van der Waals surface area contributed by atoms with Crippen molar-refractivity contribution in [3.8, 4) is 0 Å². The van der Waals surface area contributed by atoms with E-state index in [-0.39, 0.29) is 17.5 Å². The molecule has 0 N–H and O–H groups in total. The zero-order chi connectivity index (χ0) is 16.9. The van der Waals surface area contributed by atoms with E-state index in [4.69, 9.17) is 9.47 Å². The molecule has 1 aromatic rings. The Kier molecular flexibility index (Phi) is 6.15. The predicted molar refractivity (Wildman–Crippen MR) is 85.5 cm³/mol. The number of carbonyl (C=O) groups excluding carboxylic acids is 2. The van der Waals surface area contributed by atoms with Crippen molar-refractivity contribution in [2.24, 2.45) is 11.3 Å². The molecule has 0 amide bonds. The van der Waals surface area contributed by atoms with Crippen molar-refractivity contribution in [1.82, 2.24) is 0 Å². The lowest BCUT2D eigenvalue weighted by molar-refractivity contribution is -0.161. The monoisotopic (exact) mass is 306 g/mol. The molecule has 0 saturated heterocycles. The fourth-order valence-corrected chi connectivity index (χ4v) is 2.43. The first kappa shape index (κ1) is 18.2. The maximum atomic E-state index is 12.3. The van der Waals surface area contributed by atoms with Crippen LogP contribution >= 0.6 is 0 Å². The van der Waals surface area contributed by atoms with E-state index in [9.17, 15) is 9.59 Å². The summed E-state index contributed by atoms with van der Waals surface area (Å²) >= 11 is 0. The molecule has 4 heteroatoms. The Balaban J connectivity index is 2.87. The Hall–Kier alpha value is -1.84. The van der Waals surface area contributed by atoms with Gasteiger partial charge in [-0.05, 0) is 38.3 Å². The van der Waals surface area contributed by atoms with Crippen molar-refractivity contribution in [3.05, 3.63) is 35.9 Å². The highest BCUT2D eigenvalue weighted by molar-refractivity contribution is 5.89. The smallest absolute Gasteiger partial charge is 0.338 e. The summed E-state index contributed by atoms with van der Waals surface area (Å²) in [5, 5.41) is 0. The molecular weight excluding hydrogens is 280 g/mol. The molecule has 0 aliphatic carbocycles. The van der Waals surface area contributed by atoms with Gasteiger partial charge >= 0.3 is 11.9 Å². The van der Waals surface area contributed by atoms with E-state index >= 15 is 0 Å². The van der Waals surface area contributed by atoms with Crippen molar-refractivity contribution < 1.29 is 19.1 Å². The zero-order valence-electron chi connectivity index (χ0n) is 14.3. The predicted octanol–water partition coefficient (Wildman–Crippen LogP) is 3.85. The normalized spacial score (nSPS) is 14.3. The van der Waals surface area contributed by atoms with E-state index in [1.54, 1.807) is 45.0 Å². The maximum Gasteiger partial charge on any atom is 0.338 e. The van der Waals surface area contributed by atoms with Crippen LogP contribution < -0.4 is 0 Å². The number of rotatable bonds is 5. The van der Waals surface area contributed by atoms with Gasteiger partial charge in [-0.3, -0.25) is 4.79 Å². The van der Waals surface area contributed by atoms with E-state index in [2.05, 4.69) is 0 Å². The Bertz CT molecular complexity index is 500. The van der Waals surface area contributed by atoms with E-state index < -0.39 is 18.0 Å².